The number of nitrogens with zero attached hydrogens (tertiary/aromatic N) is 5. The summed E-state index contributed by atoms with van der Waals surface area (Å²) in [6.45, 7) is 3.93. The maximum Gasteiger partial charge on any atom is 0.263 e. The topological polar surface area (TPSA) is 91.6 Å². The second kappa shape index (κ2) is 8.90. The van der Waals surface area contributed by atoms with Crippen LogP contribution in [0.5, 0.6) is 0 Å². The van der Waals surface area contributed by atoms with Gasteiger partial charge in [-0.25, -0.2) is 14.6 Å². The standard InChI is InChI=1S/C29H30N6O/c1-18(24-17-21-13-9-10-16-23(21)29(36)34(24)22-14-7-4-8-15-22)35-28-25(27(30)31-19(2)32-28)26(33-35)20-11-5-3-6-12-20/h4,7-10,13-18,20H,3,5-6,11-12H2,1-2H3,(H2,30,31,32). The van der Waals surface area contributed by atoms with Crippen LogP contribution in [-0.4, -0.2) is 24.3 Å². The minimum absolute atomic E-state index is 0.0459. The summed E-state index contributed by atoms with van der Waals surface area (Å²) < 4.78 is 3.76. The van der Waals surface area contributed by atoms with E-state index in [2.05, 4.69) is 18.0 Å². The molecule has 1 aliphatic rings. The molecule has 1 unspecified atom stereocenters. The molecular formula is C29H30N6O. The molecule has 0 radical (unpaired) electrons. The van der Waals surface area contributed by atoms with E-state index in [1.54, 1.807) is 4.57 Å². The highest BCUT2D eigenvalue weighted by Gasteiger charge is 2.28. The van der Waals surface area contributed by atoms with Crippen LogP contribution in [0, 0.1) is 6.92 Å². The molecule has 7 nitrogen and oxygen atoms in total. The van der Waals surface area contributed by atoms with Gasteiger partial charge < -0.3 is 5.73 Å². The van der Waals surface area contributed by atoms with Crippen molar-refractivity contribution < 1.29 is 0 Å². The summed E-state index contributed by atoms with van der Waals surface area (Å²) in [5.74, 6) is 1.44. The van der Waals surface area contributed by atoms with E-state index in [-0.39, 0.29) is 11.6 Å². The van der Waals surface area contributed by atoms with Gasteiger partial charge in [0.05, 0.1) is 22.8 Å². The molecule has 0 bridgehead atoms. The van der Waals surface area contributed by atoms with Gasteiger partial charge in [-0.1, -0.05) is 55.7 Å². The third-order valence-corrected chi connectivity index (χ3v) is 7.48. The fourth-order valence-corrected chi connectivity index (χ4v) is 5.69. The van der Waals surface area contributed by atoms with Gasteiger partial charge in [-0.05, 0) is 56.3 Å². The lowest BCUT2D eigenvalue weighted by Gasteiger charge is -2.21. The first-order valence-electron chi connectivity index (χ1n) is 12.8. The van der Waals surface area contributed by atoms with Gasteiger partial charge in [0.1, 0.15) is 11.6 Å². The van der Waals surface area contributed by atoms with Crippen molar-refractivity contribution in [1.82, 2.24) is 24.3 Å². The van der Waals surface area contributed by atoms with Gasteiger partial charge in [0, 0.05) is 17.0 Å². The maximum absolute atomic E-state index is 13.8. The van der Waals surface area contributed by atoms with Gasteiger partial charge in [0.2, 0.25) is 0 Å². The number of aryl methyl sites for hydroxylation is 1. The second-order valence-electron chi connectivity index (χ2n) is 9.83. The number of hydrogen-bond donors (Lipinski definition) is 1. The van der Waals surface area contributed by atoms with Crippen LogP contribution in [0.4, 0.5) is 5.82 Å². The van der Waals surface area contributed by atoms with Gasteiger partial charge in [0.25, 0.3) is 5.56 Å². The first-order chi connectivity index (χ1) is 17.5. The van der Waals surface area contributed by atoms with Crippen LogP contribution in [0.1, 0.15) is 68.2 Å². The highest BCUT2D eigenvalue weighted by Crippen LogP contribution is 2.38. The number of pyridine rings is 1. The lowest BCUT2D eigenvalue weighted by Crippen LogP contribution is -2.26. The summed E-state index contributed by atoms with van der Waals surface area (Å²) >= 11 is 0. The largest absolute Gasteiger partial charge is 0.383 e. The molecule has 182 valence electrons. The lowest BCUT2D eigenvalue weighted by molar-refractivity contribution is 0.430. The molecule has 6 rings (SSSR count). The number of anilines is 1. The summed E-state index contributed by atoms with van der Waals surface area (Å²) in [6.07, 6.45) is 5.84. The summed E-state index contributed by atoms with van der Waals surface area (Å²) in [5.41, 5.74) is 9.82. The predicted octanol–water partition coefficient (Wildman–Crippen LogP) is 5.68. The van der Waals surface area contributed by atoms with E-state index >= 15 is 0 Å². The maximum atomic E-state index is 13.8. The number of rotatable bonds is 4. The van der Waals surface area contributed by atoms with Gasteiger partial charge in [-0.2, -0.15) is 5.10 Å². The molecule has 3 aromatic heterocycles. The van der Waals surface area contributed by atoms with Gasteiger partial charge in [0.15, 0.2) is 5.65 Å². The van der Waals surface area contributed by atoms with Crippen molar-refractivity contribution in [2.24, 2.45) is 0 Å². The first-order valence-corrected chi connectivity index (χ1v) is 12.8. The third-order valence-electron chi connectivity index (χ3n) is 7.48. The monoisotopic (exact) mass is 478 g/mol. The molecule has 2 N–H and O–H groups in total. The average Bonchev–Trinajstić information content (AvgIpc) is 3.29. The zero-order chi connectivity index (χ0) is 24.8. The molecule has 0 amide bonds. The molecule has 3 heterocycles. The van der Waals surface area contributed by atoms with Crippen molar-refractivity contribution in [3.63, 3.8) is 0 Å². The summed E-state index contributed by atoms with van der Waals surface area (Å²) in [5, 5.41) is 7.61. The van der Waals surface area contributed by atoms with E-state index in [1.165, 1.54) is 19.3 Å². The number of nitrogens with two attached hydrogens (primary N) is 1. The molecule has 1 aliphatic carbocycles. The van der Waals surface area contributed by atoms with E-state index in [0.717, 1.165) is 46.3 Å². The van der Waals surface area contributed by atoms with E-state index in [0.29, 0.717) is 22.9 Å². The third kappa shape index (κ3) is 3.66. The van der Waals surface area contributed by atoms with E-state index in [9.17, 15) is 4.79 Å². The Morgan fingerprint density at radius 3 is 2.47 bits per heavy atom. The van der Waals surface area contributed by atoms with Crippen LogP contribution < -0.4 is 11.3 Å². The molecule has 36 heavy (non-hydrogen) atoms. The highest BCUT2D eigenvalue weighted by molar-refractivity contribution is 5.89. The van der Waals surface area contributed by atoms with Crippen molar-refractivity contribution in [2.75, 3.05) is 5.73 Å². The summed E-state index contributed by atoms with van der Waals surface area (Å²) in [7, 11) is 0. The molecule has 1 atom stereocenters. The van der Waals surface area contributed by atoms with Gasteiger partial charge >= 0.3 is 0 Å². The predicted molar refractivity (Wildman–Crippen MR) is 144 cm³/mol. The molecular weight excluding hydrogens is 448 g/mol. The Balaban J connectivity index is 1.62. The minimum Gasteiger partial charge on any atom is -0.383 e. The van der Waals surface area contributed by atoms with Gasteiger partial charge in [-0.3, -0.25) is 9.36 Å². The van der Waals surface area contributed by atoms with E-state index in [1.807, 2.05) is 66.2 Å². The number of aromatic nitrogens is 5. The molecule has 1 saturated carbocycles. The van der Waals surface area contributed by atoms with Crippen LogP contribution in [-0.2, 0) is 0 Å². The zero-order valence-electron chi connectivity index (χ0n) is 20.7. The van der Waals surface area contributed by atoms with E-state index < -0.39 is 0 Å². The quantitative estimate of drug-likeness (QED) is 0.359. The van der Waals surface area contributed by atoms with Crippen LogP contribution in [0.2, 0.25) is 0 Å². The second-order valence-corrected chi connectivity index (χ2v) is 9.83. The van der Waals surface area contributed by atoms with Crippen molar-refractivity contribution in [3.8, 4) is 5.69 Å². The number of benzene rings is 2. The smallest absolute Gasteiger partial charge is 0.263 e. The van der Waals surface area contributed by atoms with Crippen LogP contribution in [0.25, 0.3) is 27.5 Å². The Labute approximate surface area is 209 Å². The normalized spacial score (nSPS) is 15.5. The van der Waals surface area contributed by atoms with Crippen molar-refractivity contribution in [1.29, 1.82) is 0 Å². The zero-order valence-corrected chi connectivity index (χ0v) is 20.7. The fourth-order valence-electron chi connectivity index (χ4n) is 5.69. The van der Waals surface area contributed by atoms with Crippen molar-refractivity contribution >= 4 is 27.6 Å². The van der Waals surface area contributed by atoms with Crippen LogP contribution in [0.15, 0.2) is 65.5 Å². The Hall–Kier alpha value is -4.00. The van der Waals surface area contributed by atoms with Crippen LogP contribution in [0.3, 0.4) is 0 Å². The minimum atomic E-state index is -0.268. The number of fused-ring (bicyclic) bond motifs is 2. The molecule has 2 aromatic carbocycles. The van der Waals surface area contributed by atoms with Gasteiger partial charge in [-0.15, -0.1) is 0 Å². The Morgan fingerprint density at radius 2 is 1.69 bits per heavy atom. The number of hydrogen-bond acceptors (Lipinski definition) is 5. The SMILES string of the molecule is Cc1nc(N)c2c(C3CCCCC3)nn(C(C)c3cc4ccccc4c(=O)n3-c3ccccc3)c2n1. The van der Waals surface area contributed by atoms with Crippen molar-refractivity contribution in [3.05, 3.63) is 88.2 Å². The molecule has 0 aliphatic heterocycles. The number of nitrogen functional groups attached to an aromatic ring is 1. The van der Waals surface area contributed by atoms with Crippen LogP contribution >= 0.6 is 0 Å². The Morgan fingerprint density at radius 1 is 0.972 bits per heavy atom. The first kappa shape index (κ1) is 22.5. The molecule has 0 spiro atoms. The summed E-state index contributed by atoms with van der Waals surface area (Å²) in [6, 6.07) is 19.4. The highest BCUT2D eigenvalue weighted by atomic mass is 16.1. The molecule has 0 saturated heterocycles. The lowest BCUT2D eigenvalue weighted by atomic mass is 9.86. The molecule has 7 heteroatoms. The summed E-state index contributed by atoms with van der Waals surface area (Å²) in [4.78, 5) is 23.1. The Kier molecular flexibility index (Phi) is 5.55. The average molecular weight is 479 g/mol. The molecule has 5 aromatic rings. The van der Waals surface area contributed by atoms with E-state index in [4.69, 9.17) is 15.8 Å². The van der Waals surface area contributed by atoms with Crippen molar-refractivity contribution in [2.45, 2.75) is 57.9 Å². The Bertz CT molecular complexity index is 1630. The molecule has 1 fully saturated rings. The number of para-hydroxylation sites is 1. The fraction of sp³-hybridized carbons (Fsp3) is 0.310.